The van der Waals surface area contributed by atoms with E-state index in [0.717, 1.165) is 37.6 Å². The van der Waals surface area contributed by atoms with Crippen LogP contribution in [-0.2, 0) is 0 Å². The lowest BCUT2D eigenvalue weighted by Gasteiger charge is -2.19. The first kappa shape index (κ1) is 10.4. The number of nitrogens with two attached hydrogens (primary N) is 1. The molecule has 0 aromatic rings. The molecule has 3 nitrogen and oxygen atoms in total. The number of hydrogen-bond donors (Lipinski definition) is 2. The Labute approximate surface area is 87.0 Å². The van der Waals surface area contributed by atoms with Gasteiger partial charge in [-0.15, -0.1) is 0 Å². The molecule has 0 bridgehead atoms. The van der Waals surface area contributed by atoms with E-state index in [4.69, 9.17) is 5.73 Å². The molecule has 2 aliphatic rings. The predicted octanol–water partition coefficient (Wildman–Crippen LogP) is 0.550. The molecule has 14 heavy (non-hydrogen) atoms. The lowest BCUT2D eigenvalue weighted by Crippen LogP contribution is -2.35. The zero-order valence-electron chi connectivity index (χ0n) is 9.21. The summed E-state index contributed by atoms with van der Waals surface area (Å²) >= 11 is 0. The summed E-state index contributed by atoms with van der Waals surface area (Å²) in [6.07, 6.45) is 5.29. The van der Waals surface area contributed by atoms with Crippen LogP contribution in [0.5, 0.6) is 0 Å². The highest BCUT2D eigenvalue weighted by Gasteiger charge is 2.38. The number of rotatable bonds is 5. The average molecular weight is 197 g/mol. The van der Waals surface area contributed by atoms with Gasteiger partial charge in [-0.2, -0.15) is 0 Å². The highest BCUT2D eigenvalue weighted by atomic mass is 15.3. The summed E-state index contributed by atoms with van der Waals surface area (Å²) in [5, 5.41) is 3.60. The van der Waals surface area contributed by atoms with Crippen molar-refractivity contribution in [1.29, 1.82) is 0 Å². The van der Waals surface area contributed by atoms with E-state index in [-0.39, 0.29) is 0 Å². The van der Waals surface area contributed by atoms with Gasteiger partial charge in [-0.3, -0.25) is 4.90 Å². The molecule has 3 N–H and O–H groups in total. The summed E-state index contributed by atoms with van der Waals surface area (Å²) in [7, 11) is 0. The second-order valence-corrected chi connectivity index (χ2v) is 4.81. The molecule has 0 radical (unpaired) electrons. The Kier molecular flexibility index (Phi) is 3.42. The van der Waals surface area contributed by atoms with Gasteiger partial charge >= 0.3 is 0 Å². The van der Waals surface area contributed by atoms with E-state index < -0.39 is 0 Å². The Morgan fingerprint density at radius 1 is 1.43 bits per heavy atom. The molecule has 1 saturated heterocycles. The molecular weight excluding hydrogens is 174 g/mol. The molecule has 1 aliphatic heterocycles. The van der Waals surface area contributed by atoms with Crippen molar-refractivity contribution in [2.45, 2.75) is 50.7 Å². The number of nitrogens with zero attached hydrogens (tertiary/aromatic N) is 1. The second-order valence-electron chi connectivity index (χ2n) is 4.81. The third-order valence-electron chi connectivity index (χ3n) is 3.45. The van der Waals surface area contributed by atoms with Crippen LogP contribution < -0.4 is 11.1 Å². The van der Waals surface area contributed by atoms with Crippen LogP contribution in [-0.4, -0.2) is 42.7 Å². The van der Waals surface area contributed by atoms with Crippen LogP contribution in [0.2, 0.25) is 0 Å². The summed E-state index contributed by atoms with van der Waals surface area (Å²) in [4.78, 5) is 2.68. The molecule has 1 aliphatic carbocycles. The van der Waals surface area contributed by atoms with E-state index >= 15 is 0 Å². The summed E-state index contributed by atoms with van der Waals surface area (Å²) < 4.78 is 0. The molecule has 1 heterocycles. The molecule has 82 valence electrons. The first-order valence-corrected chi connectivity index (χ1v) is 6.00. The Morgan fingerprint density at radius 3 is 2.86 bits per heavy atom. The minimum absolute atomic E-state index is 0.720. The van der Waals surface area contributed by atoms with E-state index in [1.54, 1.807) is 0 Å². The Morgan fingerprint density at radius 2 is 2.21 bits per heavy atom. The van der Waals surface area contributed by atoms with Gasteiger partial charge in [-0.25, -0.2) is 0 Å². The van der Waals surface area contributed by atoms with Gasteiger partial charge in [0.05, 0.1) is 0 Å². The van der Waals surface area contributed by atoms with Gasteiger partial charge in [-0.05, 0) is 45.7 Å². The number of hydrogen-bond acceptors (Lipinski definition) is 3. The molecule has 0 spiro atoms. The maximum absolute atomic E-state index is 5.48. The normalized spacial score (nSPS) is 33.9. The standard InChI is InChI=1S/C11H23N3/c1-9-7-10(13-6-2-5-12)8-14(9)11-3-4-11/h9-11,13H,2-8,12H2,1H3. The van der Waals surface area contributed by atoms with E-state index in [2.05, 4.69) is 17.1 Å². The van der Waals surface area contributed by atoms with E-state index in [0.29, 0.717) is 0 Å². The van der Waals surface area contributed by atoms with Crippen molar-refractivity contribution < 1.29 is 0 Å². The fourth-order valence-corrected chi connectivity index (χ4v) is 2.53. The molecule has 0 amide bonds. The molecular formula is C11H23N3. The van der Waals surface area contributed by atoms with Gasteiger partial charge in [0.25, 0.3) is 0 Å². The third kappa shape index (κ3) is 2.47. The minimum atomic E-state index is 0.720. The highest BCUT2D eigenvalue weighted by Crippen LogP contribution is 2.33. The summed E-state index contributed by atoms with van der Waals surface area (Å²) in [6, 6.07) is 2.43. The Bertz CT molecular complexity index is 179. The van der Waals surface area contributed by atoms with Crippen LogP contribution in [0.15, 0.2) is 0 Å². The van der Waals surface area contributed by atoms with Crippen molar-refractivity contribution in [3.05, 3.63) is 0 Å². The highest BCUT2D eigenvalue weighted by molar-refractivity contribution is 4.95. The first-order valence-electron chi connectivity index (χ1n) is 6.00. The second kappa shape index (κ2) is 4.60. The van der Waals surface area contributed by atoms with Gasteiger partial charge in [0.2, 0.25) is 0 Å². The fourth-order valence-electron chi connectivity index (χ4n) is 2.53. The largest absolute Gasteiger partial charge is 0.330 e. The average Bonchev–Trinajstić information content (AvgIpc) is 2.92. The summed E-state index contributed by atoms with van der Waals surface area (Å²) in [5.41, 5.74) is 5.48. The number of likely N-dealkylation sites (tertiary alicyclic amines) is 1. The topological polar surface area (TPSA) is 41.3 Å². The van der Waals surface area contributed by atoms with E-state index in [9.17, 15) is 0 Å². The zero-order valence-corrected chi connectivity index (χ0v) is 9.21. The quantitative estimate of drug-likeness (QED) is 0.632. The maximum Gasteiger partial charge on any atom is 0.0210 e. The first-order chi connectivity index (χ1) is 6.81. The van der Waals surface area contributed by atoms with Gasteiger partial charge in [0.1, 0.15) is 0 Å². The lowest BCUT2D eigenvalue weighted by molar-refractivity contribution is 0.255. The van der Waals surface area contributed by atoms with Crippen LogP contribution in [0.25, 0.3) is 0 Å². The van der Waals surface area contributed by atoms with Crippen LogP contribution in [0, 0.1) is 0 Å². The SMILES string of the molecule is CC1CC(NCCCN)CN1C1CC1. The van der Waals surface area contributed by atoms with Gasteiger partial charge in [-0.1, -0.05) is 0 Å². The third-order valence-corrected chi connectivity index (χ3v) is 3.45. The minimum Gasteiger partial charge on any atom is -0.330 e. The van der Waals surface area contributed by atoms with E-state index in [1.165, 1.54) is 25.8 Å². The molecule has 0 aromatic heterocycles. The molecule has 2 fully saturated rings. The summed E-state index contributed by atoms with van der Waals surface area (Å²) in [6.45, 7) is 5.52. The molecule has 2 atom stereocenters. The maximum atomic E-state index is 5.48. The number of nitrogens with one attached hydrogen (secondary N) is 1. The molecule has 2 unspecified atom stereocenters. The van der Waals surface area contributed by atoms with Crippen LogP contribution in [0.3, 0.4) is 0 Å². The van der Waals surface area contributed by atoms with Crippen molar-refractivity contribution in [3.63, 3.8) is 0 Å². The van der Waals surface area contributed by atoms with Crippen molar-refractivity contribution in [2.24, 2.45) is 5.73 Å². The smallest absolute Gasteiger partial charge is 0.0210 e. The molecule has 2 rings (SSSR count). The van der Waals surface area contributed by atoms with Crippen molar-refractivity contribution >= 4 is 0 Å². The lowest BCUT2D eigenvalue weighted by atomic mass is 10.2. The van der Waals surface area contributed by atoms with E-state index in [1.807, 2.05) is 0 Å². The van der Waals surface area contributed by atoms with Gasteiger partial charge in [0.15, 0.2) is 0 Å². The monoisotopic (exact) mass is 197 g/mol. The predicted molar refractivity (Wildman–Crippen MR) is 59.3 cm³/mol. The van der Waals surface area contributed by atoms with Gasteiger partial charge < -0.3 is 11.1 Å². The fraction of sp³-hybridized carbons (Fsp3) is 1.00. The van der Waals surface area contributed by atoms with Crippen molar-refractivity contribution in [3.8, 4) is 0 Å². The van der Waals surface area contributed by atoms with Crippen LogP contribution >= 0.6 is 0 Å². The van der Waals surface area contributed by atoms with Crippen molar-refractivity contribution in [2.75, 3.05) is 19.6 Å². The Hall–Kier alpha value is -0.120. The van der Waals surface area contributed by atoms with Crippen LogP contribution in [0.4, 0.5) is 0 Å². The van der Waals surface area contributed by atoms with Gasteiger partial charge in [0, 0.05) is 24.7 Å². The molecule has 3 heteroatoms. The van der Waals surface area contributed by atoms with Crippen molar-refractivity contribution in [1.82, 2.24) is 10.2 Å². The van der Waals surface area contributed by atoms with Crippen LogP contribution in [0.1, 0.15) is 32.6 Å². The molecule has 0 aromatic carbocycles. The molecule has 1 saturated carbocycles. The zero-order chi connectivity index (χ0) is 9.97. The summed E-state index contributed by atoms with van der Waals surface area (Å²) in [5.74, 6) is 0. The Balaban J connectivity index is 1.69.